The maximum atomic E-state index is 11.2. The van der Waals surface area contributed by atoms with Crippen molar-refractivity contribution in [2.75, 3.05) is 17.2 Å². The van der Waals surface area contributed by atoms with Crippen molar-refractivity contribution in [1.82, 2.24) is 5.32 Å². The molecule has 6 nitrogen and oxygen atoms in total. The highest BCUT2D eigenvalue weighted by Gasteiger charge is 2.16. The van der Waals surface area contributed by atoms with Gasteiger partial charge in [0.15, 0.2) is 0 Å². The van der Waals surface area contributed by atoms with Gasteiger partial charge in [0.25, 0.3) is 5.91 Å². The fourth-order valence-electron chi connectivity index (χ4n) is 3.85. The first kappa shape index (κ1) is 21.3. The van der Waals surface area contributed by atoms with Gasteiger partial charge in [0.05, 0.1) is 6.42 Å². The monoisotopic (exact) mass is 427 g/mol. The van der Waals surface area contributed by atoms with Gasteiger partial charge in [-0.1, -0.05) is 54.6 Å². The molecule has 0 radical (unpaired) electrons. The Hall–Kier alpha value is -3.93. The van der Waals surface area contributed by atoms with E-state index in [-0.39, 0.29) is 17.7 Å². The molecule has 0 fully saturated rings. The van der Waals surface area contributed by atoms with Crippen LogP contribution in [0.25, 0.3) is 0 Å². The first-order valence-corrected chi connectivity index (χ1v) is 10.7. The van der Waals surface area contributed by atoms with E-state index in [1.165, 1.54) is 5.56 Å². The second kappa shape index (κ2) is 9.92. The van der Waals surface area contributed by atoms with Crippen molar-refractivity contribution in [3.05, 3.63) is 95.1 Å². The van der Waals surface area contributed by atoms with Gasteiger partial charge < -0.3 is 16.0 Å². The molecule has 0 unspecified atom stereocenters. The van der Waals surface area contributed by atoms with Crippen LogP contribution < -0.4 is 16.0 Å². The summed E-state index contributed by atoms with van der Waals surface area (Å²) < 4.78 is 0. The lowest BCUT2D eigenvalue weighted by molar-refractivity contribution is -0.116. The molecular weight excluding hydrogens is 402 g/mol. The van der Waals surface area contributed by atoms with Gasteiger partial charge in [-0.3, -0.25) is 14.4 Å². The Balaban J connectivity index is 0.000000115. The molecule has 0 aromatic heterocycles. The summed E-state index contributed by atoms with van der Waals surface area (Å²) in [6.07, 6.45) is 3.00. The Morgan fingerprint density at radius 1 is 0.562 bits per heavy atom. The molecule has 0 saturated carbocycles. The summed E-state index contributed by atoms with van der Waals surface area (Å²) in [6, 6.07) is 23.4. The fourth-order valence-corrected chi connectivity index (χ4v) is 3.85. The predicted octanol–water partition coefficient (Wildman–Crippen LogP) is 3.73. The Labute approximate surface area is 187 Å². The second-order valence-electron chi connectivity index (χ2n) is 7.75. The lowest BCUT2D eigenvalue weighted by Gasteiger charge is -2.15. The van der Waals surface area contributed by atoms with Crippen LogP contribution in [-0.4, -0.2) is 24.3 Å². The van der Waals surface area contributed by atoms with Gasteiger partial charge in [-0.25, -0.2) is 0 Å². The summed E-state index contributed by atoms with van der Waals surface area (Å²) in [6.45, 7) is 0.774. The van der Waals surface area contributed by atoms with Crippen LogP contribution in [0.4, 0.5) is 11.4 Å². The topological polar surface area (TPSA) is 87.3 Å². The Kier molecular flexibility index (Phi) is 6.60. The number of rotatable bonds is 0. The first-order chi connectivity index (χ1) is 15.6. The molecular formula is C26H25N3O3. The lowest BCUT2D eigenvalue weighted by Crippen LogP contribution is -2.31. The van der Waals surface area contributed by atoms with Crippen LogP contribution in [-0.2, 0) is 28.9 Å². The van der Waals surface area contributed by atoms with E-state index in [0.29, 0.717) is 12.8 Å². The van der Waals surface area contributed by atoms with Crippen LogP contribution in [0.3, 0.4) is 0 Å². The van der Waals surface area contributed by atoms with E-state index in [1.54, 1.807) is 0 Å². The van der Waals surface area contributed by atoms with Gasteiger partial charge in [0.1, 0.15) is 0 Å². The van der Waals surface area contributed by atoms with E-state index in [9.17, 15) is 14.4 Å². The SMILES string of the molecule is O=C1CCc2ccccc2N1.O=C1Cc2ccccc2N1.O=C1NCCc2ccccc21. The summed E-state index contributed by atoms with van der Waals surface area (Å²) in [5.41, 5.74) is 6.28. The third kappa shape index (κ3) is 5.21. The highest BCUT2D eigenvalue weighted by Crippen LogP contribution is 2.21. The van der Waals surface area contributed by atoms with Crippen LogP contribution >= 0.6 is 0 Å². The summed E-state index contributed by atoms with van der Waals surface area (Å²) in [5.74, 6) is 0.289. The highest BCUT2D eigenvalue weighted by molar-refractivity contribution is 5.99. The molecule has 0 atom stereocenters. The molecule has 3 aromatic carbocycles. The third-order valence-electron chi connectivity index (χ3n) is 5.50. The molecule has 0 spiro atoms. The molecule has 0 saturated heterocycles. The van der Waals surface area contributed by atoms with Crippen molar-refractivity contribution in [1.29, 1.82) is 0 Å². The van der Waals surface area contributed by atoms with E-state index < -0.39 is 0 Å². The minimum Gasteiger partial charge on any atom is -0.352 e. The zero-order valence-corrected chi connectivity index (χ0v) is 17.7. The van der Waals surface area contributed by atoms with Crippen LogP contribution in [0.2, 0.25) is 0 Å². The number of aryl methyl sites for hydroxylation is 1. The van der Waals surface area contributed by atoms with E-state index in [4.69, 9.17) is 0 Å². The number of amides is 3. The Morgan fingerprint density at radius 2 is 1.16 bits per heavy atom. The Bertz CT molecular complexity index is 1130. The van der Waals surface area contributed by atoms with Crippen molar-refractivity contribution in [3.63, 3.8) is 0 Å². The van der Waals surface area contributed by atoms with Gasteiger partial charge in [0, 0.05) is 29.9 Å². The van der Waals surface area contributed by atoms with Crippen molar-refractivity contribution >= 4 is 29.1 Å². The summed E-state index contributed by atoms with van der Waals surface area (Å²) in [5, 5.41) is 8.38. The highest BCUT2D eigenvalue weighted by atomic mass is 16.2. The second-order valence-corrected chi connectivity index (χ2v) is 7.75. The molecule has 3 aliphatic rings. The number of nitrogens with one attached hydrogen (secondary N) is 3. The Morgan fingerprint density at radius 3 is 1.88 bits per heavy atom. The van der Waals surface area contributed by atoms with E-state index in [1.807, 2.05) is 66.7 Å². The average Bonchev–Trinajstić information content (AvgIpc) is 3.20. The maximum Gasteiger partial charge on any atom is 0.251 e. The number of hydrogen-bond donors (Lipinski definition) is 3. The van der Waals surface area contributed by atoms with E-state index >= 15 is 0 Å². The third-order valence-corrected chi connectivity index (χ3v) is 5.50. The molecule has 3 aromatic rings. The van der Waals surface area contributed by atoms with E-state index in [0.717, 1.165) is 47.5 Å². The van der Waals surface area contributed by atoms with Crippen LogP contribution in [0.15, 0.2) is 72.8 Å². The number of fused-ring (bicyclic) bond motifs is 3. The number of anilines is 2. The molecule has 6 heteroatoms. The van der Waals surface area contributed by atoms with Crippen molar-refractivity contribution in [2.24, 2.45) is 0 Å². The number of benzene rings is 3. The molecule has 3 N–H and O–H groups in total. The van der Waals surface area contributed by atoms with Crippen molar-refractivity contribution in [2.45, 2.75) is 25.7 Å². The molecule has 32 heavy (non-hydrogen) atoms. The number of para-hydroxylation sites is 2. The lowest BCUT2D eigenvalue weighted by atomic mass is 10.0. The largest absolute Gasteiger partial charge is 0.352 e. The van der Waals surface area contributed by atoms with Gasteiger partial charge >= 0.3 is 0 Å². The summed E-state index contributed by atoms with van der Waals surface area (Å²) >= 11 is 0. The standard InChI is InChI=1S/2C9H9NO.C8H7NO/c11-9-8-4-2-1-3-7(8)5-6-10-9;11-9-6-5-7-3-1-2-4-8(7)10-9;10-8-5-6-3-1-2-4-7(6)9-8/h2*1-4H,5-6H2,(H,10,11);1-4H,5H2,(H,9,10). The molecule has 0 aliphatic carbocycles. The van der Waals surface area contributed by atoms with Crippen LogP contribution in [0.1, 0.15) is 33.5 Å². The average molecular weight is 428 g/mol. The normalized spacial score (nSPS) is 15.2. The number of carbonyl (C=O) groups excluding carboxylic acids is 3. The fraction of sp³-hybridized carbons (Fsp3) is 0.192. The van der Waals surface area contributed by atoms with Crippen LogP contribution in [0, 0.1) is 0 Å². The number of hydrogen-bond acceptors (Lipinski definition) is 3. The molecule has 3 amide bonds. The molecule has 6 rings (SSSR count). The number of carbonyl (C=O) groups is 3. The van der Waals surface area contributed by atoms with Crippen LogP contribution in [0.5, 0.6) is 0 Å². The molecule has 0 bridgehead atoms. The van der Waals surface area contributed by atoms with E-state index in [2.05, 4.69) is 22.0 Å². The van der Waals surface area contributed by atoms with Gasteiger partial charge in [-0.05, 0) is 47.7 Å². The maximum absolute atomic E-state index is 11.2. The summed E-state index contributed by atoms with van der Waals surface area (Å²) in [4.78, 5) is 32.9. The summed E-state index contributed by atoms with van der Waals surface area (Å²) in [7, 11) is 0. The minimum absolute atomic E-state index is 0.0619. The zero-order chi connectivity index (χ0) is 22.3. The van der Waals surface area contributed by atoms with Crippen molar-refractivity contribution in [3.8, 4) is 0 Å². The minimum atomic E-state index is 0.0619. The van der Waals surface area contributed by atoms with Gasteiger partial charge in [-0.2, -0.15) is 0 Å². The first-order valence-electron chi connectivity index (χ1n) is 10.7. The quantitative estimate of drug-likeness (QED) is 0.511. The van der Waals surface area contributed by atoms with Gasteiger partial charge in [0.2, 0.25) is 11.8 Å². The molecule has 3 aliphatic heterocycles. The van der Waals surface area contributed by atoms with Gasteiger partial charge in [-0.15, -0.1) is 0 Å². The van der Waals surface area contributed by atoms with Crippen molar-refractivity contribution < 1.29 is 14.4 Å². The smallest absolute Gasteiger partial charge is 0.251 e. The predicted molar refractivity (Wildman–Crippen MR) is 125 cm³/mol. The zero-order valence-electron chi connectivity index (χ0n) is 17.7. The molecule has 162 valence electrons. The molecule has 3 heterocycles.